The number of hydrogen-bond acceptors (Lipinski definition) is 4. The van der Waals surface area contributed by atoms with Crippen molar-refractivity contribution >= 4 is 16.9 Å². The number of nitrogens with two attached hydrogens (primary N) is 1. The van der Waals surface area contributed by atoms with E-state index in [1.807, 2.05) is 57.2 Å². The first kappa shape index (κ1) is 21.7. The second-order valence-electron chi connectivity index (χ2n) is 8.40. The van der Waals surface area contributed by atoms with E-state index in [4.69, 9.17) is 15.2 Å². The number of fused-ring (bicyclic) bond motifs is 1. The van der Waals surface area contributed by atoms with Gasteiger partial charge in [0.15, 0.2) is 0 Å². The highest BCUT2D eigenvalue weighted by molar-refractivity contribution is 5.82. The molecule has 0 fully saturated rings. The van der Waals surface area contributed by atoms with Crippen LogP contribution in [-0.2, 0) is 17.8 Å². The van der Waals surface area contributed by atoms with Gasteiger partial charge in [0.25, 0.3) is 0 Å². The van der Waals surface area contributed by atoms with Crippen molar-refractivity contribution < 1.29 is 14.3 Å². The van der Waals surface area contributed by atoms with Gasteiger partial charge in [-0.1, -0.05) is 48.5 Å². The molecule has 0 heterocycles. The molecule has 0 aliphatic heterocycles. The maximum atomic E-state index is 12.0. The lowest BCUT2D eigenvalue weighted by atomic mass is 10.1. The predicted octanol–water partition coefficient (Wildman–Crippen LogP) is 4.81. The maximum Gasteiger partial charge on any atom is 0.407 e. The molecule has 158 valence electrons. The molecule has 5 nitrogen and oxygen atoms in total. The molecular weight excluding hydrogens is 376 g/mol. The Labute approximate surface area is 178 Å². The third kappa shape index (κ3) is 6.49. The Bertz CT molecular complexity index is 978. The topological polar surface area (TPSA) is 73.6 Å². The largest absolute Gasteiger partial charge is 0.489 e. The van der Waals surface area contributed by atoms with E-state index in [0.717, 1.165) is 16.9 Å². The average molecular weight is 407 g/mol. The minimum Gasteiger partial charge on any atom is -0.489 e. The summed E-state index contributed by atoms with van der Waals surface area (Å²) in [6.07, 6.45) is 0.175. The molecule has 5 heteroatoms. The SMILES string of the molecule is CC(C)(C)OC(=O)N[C@H](CN)Cc1ccc(OCc2ccc3ccccc3c2)cc1. The fourth-order valence-electron chi connectivity index (χ4n) is 3.17. The van der Waals surface area contributed by atoms with Crippen LogP contribution in [-0.4, -0.2) is 24.3 Å². The number of alkyl carbamates (subject to hydrolysis) is 1. The molecule has 0 aromatic heterocycles. The van der Waals surface area contributed by atoms with Crippen molar-refractivity contribution in [2.24, 2.45) is 5.73 Å². The molecule has 1 amide bonds. The van der Waals surface area contributed by atoms with Gasteiger partial charge in [0, 0.05) is 12.6 Å². The average Bonchev–Trinajstić information content (AvgIpc) is 2.71. The molecule has 0 aliphatic carbocycles. The van der Waals surface area contributed by atoms with Gasteiger partial charge in [-0.3, -0.25) is 0 Å². The van der Waals surface area contributed by atoms with Crippen molar-refractivity contribution in [1.29, 1.82) is 0 Å². The van der Waals surface area contributed by atoms with Crippen molar-refractivity contribution in [1.82, 2.24) is 5.32 Å². The van der Waals surface area contributed by atoms with E-state index in [0.29, 0.717) is 19.6 Å². The highest BCUT2D eigenvalue weighted by Crippen LogP contribution is 2.19. The summed E-state index contributed by atoms with van der Waals surface area (Å²) in [5, 5.41) is 5.26. The number of carbonyl (C=O) groups excluding carboxylic acids is 1. The van der Waals surface area contributed by atoms with Crippen molar-refractivity contribution in [3.8, 4) is 5.75 Å². The first-order chi connectivity index (χ1) is 14.3. The minimum absolute atomic E-state index is 0.191. The molecule has 3 N–H and O–H groups in total. The standard InChI is InChI=1S/C25H30N2O3/c1-25(2,3)30-24(28)27-22(16-26)15-18-9-12-23(13-10-18)29-17-19-8-11-20-6-4-5-7-21(20)14-19/h4-14,22H,15-17,26H2,1-3H3,(H,27,28)/t22-/m0/s1. The maximum absolute atomic E-state index is 12.0. The zero-order valence-electron chi connectivity index (χ0n) is 17.9. The van der Waals surface area contributed by atoms with E-state index in [1.165, 1.54) is 10.8 Å². The molecular formula is C25H30N2O3. The molecule has 0 saturated heterocycles. The van der Waals surface area contributed by atoms with E-state index in [9.17, 15) is 4.79 Å². The molecule has 0 unspecified atom stereocenters. The van der Waals surface area contributed by atoms with Gasteiger partial charge in [-0.15, -0.1) is 0 Å². The number of amides is 1. The van der Waals surface area contributed by atoms with E-state index in [1.54, 1.807) is 0 Å². The molecule has 0 saturated carbocycles. The van der Waals surface area contributed by atoms with Gasteiger partial charge in [0.05, 0.1) is 0 Å². The van der Waals surface area contributed by atoms with E-state index < -0.39 is 11.7 Å². The van der Waals surface area contributed by atoms with Gasteiger partial charge in [-0.2, -0.15) is 0 Å². The van der Waals surface area contributed by atoms with E-state index in [-0.39, 0.29) is 6.04 Å². The molecule has 30 heavy (non-hydrogen) atoms. The predicted molar refractivity (Wildman–Crippen MR) is 121 cm³/mol. The zero-order chi connectivity index (χ0) is 21.6. The Balaban J connectivity index is 1.54. The lowest BCUT2D eigenvalue weighted by Crippen LogP contribution is -2.44. The molecule has 3 aromatic rings. The third-order valence-corrected chi connectivity index (χ3v) is 4.63. The van der Waals surface area contributed by atoms with Crippen LogP contribution in [0.1, 0.15) is 31.9 Å². The quantitative estimate of drug-likeness (QED) is 0.590. The second kappa shape index (κ2) is 9.63. The zero-order valence-corrected chi connectivity index (χ0v) is 17.9. The van der Waals surface area contributed by atoms with Crippen molar-refractivity contribution in [2.45, 2.75) is 45.4 Å². The Morgan fingerprint density at radius 2 is 1.63 bits per heavy atom. The normalized spacial score (nSPS) is 12.4. The molecule has 0 spiro atoms. The van der Waals surface area contributed by atoms with Crippen LogP contribution in [0.3, 0.4) is 0 Å². The van der Waals surface area contributed by atoms with Crippen LogP contribution in [0.25, 0.3) is 10.8 Å². The van der Waals surface area contributed by atoms with Crippen molar-refractivity contribution in [3.05, 3.63) is 77.9 Å². The smallest absolute Gasteiger partial charge is 0.407 e. The lowest BCUT2D eigenvalue weighted by molar-refractivity contribution is 0.0506. The Morgan fingerprint density at radius 3 is 2.30 bits per heavy atom. The van der Waals surface area contributed by atoms with Crippen LogP contribution in [0, 0.1) is 0 Å². The van der Waals surface area contributed by atoms with Crippen LogP contribution in [0.2, 0.25) is 0 Å². The van der Waals surface area contributed by atoms with Crippen molar-refractivity contribution in [2.75, 3.05) is 6.54 Å². The summed E-state index contributed by atoms with van der Waals surface area (Å²) >= 11 is 0. The number of ether oxygens (including phenoxy) is 2. The van der Waals surface area contributed by atoms with Gasteiger partial charge in [-0.05, 0) is 67.3 Å². The van der Waals surface area contributed by atoms with Crippen LogP contribution in [0.4, 0.5) is 4.79 Å². The fraction of sp³-hybridized carbons (Fsp3) is 0.320. The van der Waals surface area contributed by atoms with Gasteiger partial charge < -0.3 is 20.5 Å². The van der Waals surface area contributed by atoms with E-state index >= 15 is 0 Å². The highest BCUT2D eigenvalue weighted by Gasteiger charge is 2.19. The summed E-state index contributed by atoms with van der Waals surface area (Å²) in [4.78, 5) is 12.0. The third-order valence-electron chi connectivity index (χ3n) is 4.63. The number of benzene rings is 3. The van der Waals surface area contributed by atoms with Crippen molar-refractivity contribution in [3.63, 3.8) is 0 Å². The van der Waals surface area contributed by atoms with Gasteiger partial charge in [0.2, 0.25) is 0 Å². The first-order valence-electron chi connectivity index (χ1n) is 10.2. The molecule has 3 rings (SSSR count). The Morgan fingerprint density at radius 1 is 0.967 bits per heavy atom. The number of hydrogen-bond donors (Lipinski definition) is 2. The van der Waals surface area contributed by atoms with Gasteiger partial charge in [-0.25, -0.2) is 4.79 Å². The molecule has 0 bridgehead atoms. The fourth-order valence-corrected chi connectivity index (χ4v) is 3.17. The molecule has 0 radical (unpaired) electrons. The summed E-state index contributed by atoms with van der Waals surface area (Å²) in [5.41, 5.74) is 7.48. The molecule has 1 atom stereocenters. The summed E-state index contributed by atoms with van der Waals surface area (Å²) in [6.45, 7) is 6.34. The molecule has 0 aliphatic rings. The number of nitrogens with one attached hydrogen (secondary N) is 1. The second-order valence-corrected chi connectivity index (χ2v) is 8.40. The lowest BCUT2D eigenvalue weighted by Gasteiger charge is -2.23. The first-order valence-corrected chi connectivity index (χ1v) is 10.2. The van der Waals surface area contributed by atoms with Crippen LogP contribution in [0.5, 0.6) is 5.75 Å². The van der Waals surface area contributed by atoms with Crippen LogP contribution < -0.4 is 15.8 Å². The molecule has 3 aromatic carbocycles. The summed E-state index contributed by atoms with van der Waals surface area (Å²) < 4.78 is 11.2. The Hall–Kier alpha value is -3.05. The highest BCUT2D eigenvalue weighted by atomic mass is 16.6. The van der Waals surface area contributed by atoms with Crippen LogP contribution in [0.15, 0.2) is 66.7 Å². The minimum atomic E-state index is -0.534. The summed E-state index contributed by atoms with van der Waals surface area (Å²) in [6, 6.07) is 22.3. The Kier molecular flexibility index (Phi) is 6.95. The number of rotatable bonds is 7. The van der Waals surface area contributed by atoms with Crippen LogP contribution >= 0.6 is 0 Å². The van der Waals surface area contributed by atoms with E-state index in [2.05, 4.69) is 35.6 Å². The summed E-state index contributed by atoms with van der Waals surface area (Å²) in [7, 11) is 0. The summed E-state index contributed by atoms with van der Waals surface area (Å²) in [5.74, 6) is 0.802. The monoisotopic (exact) mass is 406 g/mol. The van der Waals surface area contributed by atoms with Gasteiger partial charge in [0.1, 0.15) is 18.0 Å². The van der Waals surface area contributed by atoms with Gasteiger partial charge >= 0.3 is 6.09 Å². The number of carbonyl (C=O) groups is 1.